The summed E-state index contributed by atoms with van der Waals surface area (Å²) < 4.78 is 14.3. The molecule has 0 saturated carbocycles. The van der Waals surface area contributed by atoms with E-state index in [9.17, 15) is 4.39 Å². The van der Waals surface area contributed by atoms with E-state index in [0.29, 0.717) is 5.82 Å². The van der Waals surface area contributed by atoms with Crippen LogP contribution >= 0.6 is 0 Å². The van der Waals surface area contributed by atoms with Crippen LogP contribution in [0.25, 0.3) is 11.3 Å². The van der Waals surface area contributed by atoms with Gasteiger partial charge in [-0.3, -0.25) is 0 Å². The van der Waals surface area contributed by atoms with Crippen LogP contribution in [0, 0.1) is 5.82 Å². The Bertz CT molecular complexity index is 892. The molecule has 0 fully saturated rings. The number of hydrogen-bond acceptors (Lipinski definition) is 4. The maximum atomic E-state index is 14.3. The fourth-order valence-corrected chi connectivity index (χ4v) is 3.46. The molecular formula is C20H19FN4. The zero-order valence-electron chi connectivity index (χ0n) is 13.7. The summed E-state index contributed by atoms with van der Waals surface area (Å²) in [5, 5.41) is 11.5. The lowest BCUT2D eigenvalue weighted by Crippen LogP contribution is -2.12. The molecule has 1 aromatic heterocycles. The van der Waals surface area contributed by atoms with Crippen molar-refractivity contribution >= 4 is 5.82 Å². The summed E-state index contributed by atoms with van der Waals surface area (Å²) in [7, 11) is 0. The van der Waals surface area contributed by atoms with E-state index in [1.54, 1.807) is 12.1 Å². The Hall–Kier alpha value is -2.79. The minimum Gasteiger partial charge on any atom is -0.382 e. The molecule has 2 aromatic carbocycles. The van der Waals surface area contributed by atoms with Crippen LogP contribution in [0.15, 0.2) is 54.6 Å². The van der Waals surface area contributed by atoms with Crippen LogP contribution in [0.4, 0.5) is 10.2 Å². The molecule has 2 heterocycles. The predicted molar refractivity (Wildman–Crippen MR) is 96.4 cm³/mol. The lowest BCUT2D eigenvalue weighted by molar-refractivity contribution is 0.579. The van der Waals surface area contributed by atoms with Gasteiger partial charge in [-0.25, -0.2) is 4.39 Å². The molecule has 1 aliphatic heterocycles. The minimum atomic E-state index is -0.145. The summed E-state index contributed by atoms with van der Waals surface area (Å²) in [6.07, 6.45) is 0.870. The molecular weight excluding hydrogens is 315 g/mol. The molecule has 4 nitrogen and oxygen atoms in total. The van der Waals surface area contributed by atoms with Crippen molar-refractivity contribution in [2.75, 3.05) is 12.3 Å². The van der Waals surface area contributed by atoms with Crippen LogP contribution in [-0.4, -0.2) is 16.7 Å². The summed E-state index contributed by atoms with van der Waals surface area (Å²) in [6, 6.07) is 16.9. The molecule has 0 aliphatic carbocycles. The number of nitrogens with zero attached hydrogens (tertiary/aromatic N) is 2. The van der Waals surface area contributed by atoms with Gasteiger partial charge in [-0.15, -0.1) is 10.2 Å². The zero-order chi connectivity index (χ0) is 17.2. The predicted octanol–water partition coefficient (Wildman–Crippen LogP) is 3.49. The van der Waals surface area contributed by atoms with Gasteiger partial charge in [0.1, 0.15) is 11.6 Å². The van der Waals surface area contributed by atoms with Crippen molar-refractivity contribution in [3.63, 3.8) is 0 Å². The number of halogens is 1. The van der Waals surface area contributed by atoms with Gasteiger partial charge in [0.05, 0.1) is 5.69 Å². The largest absolute Gasteiger partial charge is 0.382 e. The second-order valence-electron chi connectivity index (χ2n) is 6.30. The topological polar surface area (TPSA) is 63.8 Å². The first-order valence-electron chi connectivity index (χ1n) is 8.40. The smallest absolute Gasteiger partial charge is 0.146 e. The van der Waals surface area contributed by atoms with Crippen molar-refractivity contribution in [1.29, 1.82) is 0 Å². The van der Waals surface area contributed by atoms with Crippen molar-refractivity contribution in [1.82, 2.24) is 15.5 Å². The Kier molecular flexibility index (Phi) is 4.15. The quantitative estimate of drug-likeness (QED) is 0.753. The van der Waals surface area contributed by atoms with Gasteiger partial charge in [-0.1, -0.05) is 30.3 Å². The summed E-state index contributed by atoms with van der Waals surface area (Å²) in [5.74, 6) is 0.311. The fourth-order valence-electron chi connectivity index (χ4n) is 3.46. The van der Waals surface area contributed by atoms with E-state index in [1.165, 1.54) is 17.2 Å². The van der Waals surface area contributed by atoms with Gasteiger partial charge in [-0.2, -0.15) is 0 Å². The monoisotopic (exact) mass is 334 g/mol. The molecule has 0 saturated heterocycles. The van der Waals surface area contributed by atoms with Crippen molar-refractivity contribution < 1.29 is 4.39 Å². The molecule has 4 rings (SSSR count). The molecule has 0 radical (unpaired) electrons. The minimum absolute atomic E-state index is 0.0535. The van der Waals surface area contributed by atoms with Gasteiger partial charge in [0.15, 0.2) is 0 Å². The number of hydrogen-bond donors (Lipinski definition) is 2. The van der Waals surface area contributed by atoms with Crippen molar-refractivity contribution in [3.05, 3.63) is 77.1 Å². The SMILES string of the molecule is Nc1ccc(-c2ccc3c(c2)CNCCC3c2ccccc2F)nn1. The van der Waals surface area contributed by atoms with E-state index < -0.39 is 0 Å². The highest BCUT2D eigenvalue weighted by molar-refractivity contribution is 5.62. The molecule has 0 bridgehead atoms. The summed E-state index contributed by atoms with van der Waals surface area (Å²) in [5.41, 5.74) is 10.5. The van der Waals surface area contributed by atoms with Crippen LogP contribution in [-0.2, 0) is 6.54 Å². The van der Waals surface area contributed by atoms with E-state index >= 15 is 0 Å². The first-order chi connectivity index (χ1) is 12.2. The van der Waals surface area contributed by atoms with E-state index in [0.717, 1.165) is 36.3 Å². The van der Waals surface area contributed by atoms with Gasteiger partial charge in [-0.05, 0) is 53.9 Å². The van der Waals surface area contributed by atoms with Gasteiger partial charge in [0.2, 0.25) is 0 Å². The van der Waals surface area contributed by atoms with Gasteiger partial charge >= 0.3 is 0 Å². The van der Waals surface area contributed by atoms with Crippen molar-refractivity contribution in [2.24, 2.45) is 0 Å². The number of aromatic nitrogens is 2. The van der Waals surface area contributed by atoms with Gasteiger partial charge < -0.3 is 11.1 Å². The van der Waals surface area contributed by atoms with Crippen LogP contribution in [0.2, 0.25) is 0 Å². The Morgan fingerprint density at radius 1 is 1.00 bits per heavy atom. The second-order valence-corrected chi connectivity index (χ2v) is 6.30. The molecule has 126 valence electrons. The number of anilines is 1. The molecule has 1 atom stereocenters. The third-order valence-electron chi connectivity index (χ3n) is 4.71. The van der Waals surface area contributed by atoms with Crippen molar-refractivity contribution in [3.8, 4) is 11.3 Å². The summed E-state index contributed by atoms with van der Waals surface area (Å²) in [4.78, 5) is 0. The summed E-state index contributed by atoms with van der Waals surface area (Å²) >= 11 is 0. The number of rotatable bonds is 2. The maximum absolute atomic E-state index is 14.3. The van der Waals surface area contributed by atoms with Crippen LogP contribution in [0.1, 0.15) is 29.0 Å². The normalized spacial score (nSPS) is 16.9. The standard InChI is InChI=1S/C20H19FN4/c21-18-4-2-1-3-17(18)16-9-10-23-12-14-11-13(5-6-15(14)16)19-7-8-20(22)25-24-19/h1-8,11,16,23H,9-10,12H2,(H2,22,25). The molecule has 3 aromatic rings. The average molecular weight is 334 g/mol. The maximum Gasteiger partial charge on any atom is 0.146 e. The first-order valence-corrected chi connectivity index (χ1v) is 8.40. The third kappa shape index (κ3) is 3.10. The second kappa shape index (κ2) is 6.61. The lowest BCUT2D eigenvalue weighted by atomic mass is 9.85. The molecule has 1 unspecified atom stereocenters. The zero-order valence-corrected chi connectivity index (χ0v) is 13.7. The number of nitrogens with two attached hydrogens (primary N) is 1. The summed E-state index contributed by atoms with van der Waals surface area (Å²) in [6.45, 7) is 1.61. The number of benzene rings is 2. The Morgan fingerprint density at radius 2 is 1.88 bits per heavy atom. The van der Waals surface area contributed by atoms with Crippen LogP contribution < -0.4 is 11.1 Å². The highest BCUT2D eigenvalue weighted by atomic mass is 19.1. The molecule has 0 spiro atoms. The number of nitrogen functional groups attached to an aromatic ring is 1. The number of nitrogens with one attached hydrogen (secondary N) is 1. The highest BCUT2D eigenvalue weighted by Crippen LogP contribution is 2.35. The third-order valence-corrected chi connectivity index (χ3v) is 4.71. The van der Waals surface area contributed by atoms with Crippen LogP contribution in [0.5, 0.6) is 0 Å². The molecule has 5 heteroatoms. The lowest BCUT2D eigenvalue weighted by Gasteiger charge is -2.19. The average Bonchev–Trinajstić information content (AvgIpc) is 2.84. The van der Waals surface area contributed by atoms with Gasteiger partial charge in [0, 0.05) is 18.0 Å². The Balaban J connectivity index is 1.77. The van der Waals surface area contributed by atoms with E-state index in [1.807, 2.05) is 24.3 Å². The fraction of sp³-hybridized carbons (Fsp3) is 0.200. The van der Waals surface area contributed by atoms with Crippen molar-refractivity contribution in [2.45, 2.75) is 18.9 Å². The van der Waals surface area contributed by atoms with E-state index in [-0.39, 0.29) is 11.7 Å². The van der Waals surface area contributed by atoms with E-state index in [4.69, 9.17) is 5.73 Å². The molecule has 3 N–H and O–H groups in total. The Labute approximate surface area is 145 Å². The highest BCUT2D eigenvalue weighted by Gasteiger charge is 2.23. The number of fused-ring (bicyclic) bond motifs is 1. The first kappa shape index (κ1) is 15.7. The molecule has 1 aliphatic rings. The van der Waals surface area contributed by atoms with Crippen LogP contribution in [0.3, 0.4) is 0 Å². The molecule has 0 amide bonds. The Morgan fingerprint density at radius 3 is 2.68 bits per heavy atom. The van der Waals surface area contributed by atoms with E-state index in [2.05, 4.69) is 27.6 Å². The van der Waals surface area contributed by atoms with Gasteiger partial charge in [0.25, 0.3) is 0 Å². The molecule has 25 heavy (non-hydrogen) atoms.